The highest BCUT2D eigenvalue weighted by molar-refractivity contribution is 5.98. The highest BCUT2D eigenvalue weighted by Gasteiger charge is 2.32. The standard InChI is InChI=1S/C11H13F3N2O2/c1-16(6-11(12,13)14)10(17)7-4-3-5-8(15)9(7)18-2/h3-5H,6,15H2,1-2H3. The van der Waals surface area contributed by atoms with Crippen molar-refractivity contribution in [3.8, 4) is 5.75 Å². The van der Waals surface area contributed by atoms with Crippen LogP contribution in [0.1, 0.15) is 10.4 Å². The number of rotatable bonds is 3. The number of amides is 1. The summed E-state index contributed by atoms with van der Waals surface area (Å²) in [6, 6.07) is 4.34. The Morgan fingerprint density at radius 1 is 1.44 bits per heavy atom. The molecular weight excluding hydrogens is 249 g/mol. The predicted molar refractivity (Wildman–Crippen MR) is 60.4 cm³/mol. The highest BCUT2D eigenvalue weighted by Crippen LogP contribution is 2.27. The summed E-state index contributed by atoms with van der Waals surface area (Å²) in [6.07, 6.45) is -4.45. The molecule has 4 nitrogen and oxygen atoms in total. The Balaban J connectivity index is 3.01. The molecule has 100 valence electrons. The molecule has 0 atom stereocenters. The zero-order valence-corrected chi connectivity index (χ0v) is 9.91. The smallest absolute Gasteiger partial charge is 0.406 e. The first-order chi connectivity index (χ1) is 8.26. The third-order valence-electron chi connectivity index (χ3n) is 2.24. The van der Waals surface area contributed by atoms with Crippen LogP contribution < -0.4 is 10.5 Å². The van der Waals surface area contributed by atoms with E-state index in [9.17, 15) is 18.0 Å². The van der Waals surface area contributed by atoms with Gasteiger partial charge in [0.15, 0.2) is 5.75 Å². The summed E-state index contributed by atoms with van der Waals surface area (Å²) in [6.45, 7) is -1.33. The van der Waals surface area contributed by atoms with Crippen LogP contribution in [0, 0.1) is 0 Å². The Bertz CT molecular complexity index is 446. The van der Waals surface area contributed by atoms with E-state index in [0.29, 0.717) is 4.90 Å². The molecule has 0 saturated carbocycles. The second-order valence-electron chi connectivity index (χ2n) is 3.70. The highest BCUT2D eigenvalue weighted by atomic mass is 19.4. The molecule has 0 saturated heterocycles. The number of nitrogen functional groups attached to an aromatic ring is 1. The fourth-order valence-electron chi connectivity index (χ4n) is 1.50. The number of hydrogen-bond donors (Lipinski definition) is 1. The molecule has 0 aliphatic rings. The van der Waals surface area contributed by atoms with Crippen LogP contribution in [-0.2, 0) is 0 Å². The van der Waals surface area contributed by atoms with Crippen LogP contribution in [0.3, 0.4) is 0 Å². The number of methoxy groups -OCH3 is 1. The number of alkyl halides is 3. The quantitative estimate of drug-likeness (QED) is 0.846. The van der Waals surface area contributed by atoms with Gasteiger partial charge in [-0.3, -0.25) is 4.79 Å². The zero-order chi connectivity index (χ0) is 13.9. The number of nitrogens with two attached hydrogens (primary N) is 1. The maximum Gasteiger partial charge on any atom is 0.406 e. The van der Waals surface area contributed by atoms with Crippen molar-refractivity contribution in [1.29, 1.82) is 0 Å². The second-order valence-corrected chi connectivity index (χ2v) is 3.70. The van der Waals surface area contributed by atoms with Crippen LogP contribution in [0.2, 0.25) is 0 Å². The molecule has 0 spiro atoms. The lowest BCUT2D eigenvalue weighted by Crippen LogP contribution is -2.36. The largest absolute Gasteiger partial charge is 0.494 e. The van der Waals surface area contributed by atoms with Gasteiger partial charge in [-0.25, -0.2) is 0 Å². The number of anilines is 1. The van der Waals surface area contributed by atoms with Gasteiger partial charge in [-0.15, -0.1) is 0 Å². The van der Waals surface area contributed by atoms with Crippen molar-refractivity contribution in [3.63, 3.8) is 0 Å². The van der Waals surface area contributed by atoms with Gasteiger partial charge in [0.1, 0.15) is 6.54 Å². The average Bonchev–Trinajstić information content (AvgIpc) is 2.25. The van der Waals surface area contributed by atoms with E-state index in [2.05, 4.69) is 0 Å². The topological polar surface area (TPSA) is 55.6 Å². The molecule has 0 heterocycles. The molecule has 0 radical (unpaired) electrons. The third-order valence-corrected chi connectivity index (χ3v) is 2.24. The van der Waals surface area contributed by atoms with Crippen LogP contribution >= 0.6 is 0 Å². The minimum Gasteiger partial charge on any atom is -0.494 e. The Labute approximate surface area is 102 Å². The number of ether oxygens (including phenoxy) is 1. The van der Waals surface area contributed by atoms with Gasteiger partial charge in [0.05, 0.1) is 18.4 Å². The molecule has 18 heavy (non-hydrogen) atoms. The van der Waals surface area contributed by atoms with Gasteiger partial charge < -0.3 is 15.4 Å². The molecule has 0 aliphatic carbocycles. The molecular formula is C11H13F3N2O2. The predicted octanol–water partition coefficient (Wildman–Crippen LogP) is 1.91. The number of hydrogen-bond acceptors (Lipinski definition) is 3. The second kappa shape index (κ2) is 5.16. The fraction of sp³-hybridized carbons (Fsp3) is 0.364. The SMILES string of the molecule is COc1c(N)cccc1C(=O)N(C)CC(F)(F)F. The van der Waals surface area contributed by atoms with Crippen molar-refractivity contribution in [2.75, 3.05) is 26.4 Å². The fourth-order valence-corrected chi connectivity index (χ4v) is 1.50. The first kappa shape index (κ1) is 14.1. The van der Waals surface area contributed by atoms with Gasteiger partial charge in [-0.05, 0) is 12.1 Å². The van der Waals surface area contributed by atoms with Crippen molar-refractivity contribution in [3.05, 3.63) is 23.8 Å². The Hall–Kier alpha value is -1.92. The molecule has 0 unspecified atom stereocenters. The monoisotopic (exact) mass is 262 g/mol. The average molecular weight is 262 g/mol. The molecule has 1 aromatic carbocycles. The lowest BCUT2D eigenvalue weighted by molar-refractivity contribution is -0.138. The first-order valence-corrected chi connectivity index (χ1v) is 5.01. The van der Waals surface area contributed by atoms with Crippen molar-refractivity contribution in [2.24, 2.45) is 0 Å². The molecule has 1 amide bonds. The van der Waals surface area contributed by atoms with E-state index in [-0.39, 0.29) is 17.0 Å². The Morgan fingerprint density at radius 2 is 2.06 bits per heavy atom. The molecule has 7 heteroatoms. The third kappa shape index (κ3) is 3.28. The van der Waals surface area contributed by atoms with Crippen LogP contribution in [0.4, 0.5) is 18.9 Å². The van der Waals surface area contributed by atoms with E-state index >= 15 is 0 Å². The summed E-state index contributed by atoms with van der Waals surface area (Å²) >= 11 is 0. The lowest BCUT2D eigenvalue weighted by Gasteiger charge is -2.20. The van der Waals surface area contributed by atoms with E-state index in [1.54, 1.807) is 0 Å². The van der Waals surface area contributed by atoms with Crippen molar-refractivity contribution in [2.45, 2.75) is 6.18 Å². The number of carbonyl (C=O) groups excluding carboxylic acids is 1. The molecule has 0 fully saturated rings. The summed E-state index contributed by atoms with van der Waals surface area (Å²) in [4.78, 5) is 12.4. The number of para-hydroxylation sites is 1. The molecule has 1 aromatic rings. The van der Waals surface area contributed by atoms with E-state index in [0.717, 1.165) is 7.05 Å². The van der Waals surface area contributed by atoms with Gasteiger partial charge in [-0.1, -0.05) is 6.07 Å². The van der Waals surface area contributed by atoms with Crippen LogP contribution in [-0.4, -0.2) is 37.7 Å². The first-order valence-electron chi connectivity index (χ1n) is 5.01. The maximum atomic E-state index is 12.2. The molecule has 2 N–H and O–H groups in total. The van der Waals surface area contributed by atoms with Crippen LogP contribution in [0.15, 0.2) is 18.2 Å². The number of benzene rings is 1. The van der Waals surface area contributed by atoms with Gasteiger partial charge >= 0.3 is 6.18 Å². The summed E-state index contributed by atoms with van der Waals surface area (Å²) < 4.78 is 41.5. The number of halogens is 3. The summed E-state index contributed by atoms with van der Waals surface area (Å²) in [5.41, 5.74) is 5.78. The Kier molecular flexibility index (Phi) is 4.05. The number of carbonyl (C=O) groups is 1. The van der Waals surface area contributed by atoms with E-state index in [1.165, 1.54) is 25.3 Å². The normalized spacial score (nSPS) is 11.2. The maximum absolute atomic E-state index is 12.2. The molecule has 1 rings (SSSR count). The molecule has 0 aliphatic heterocycles. The Morgan fingerprint density at radius 3 is 2.56 bits per heavy atom. The lowest BCUT2D eigenvalue weighted by atomic mass is 10.1. The number of nitrogens with zero attached hydrogens (tertiary/aromatic N) is 1. The van der Waals surface area contributed by atoms with E-state index in [4.69, 9.17) is 10.5 Å². The summed E-state index contributed by atoms with van der Waals surface area (Å²) in [5.74, 6) is -0.715. The summed E-state index contributed by atoms with van der Waals surface area (Å²) in [5, 5.41) is 0. The van der Waals surface area contributed by atoms with Gasteiger partial charge in [-0.2, -0.15) is 13.2 Å². The minimum absolute atomic E-state index is 0.00394. The minimum atomic E-state index is -4.45. The van der Waals surface area contributed by atoms with E-state index < -0.39 is 18.6 Å². The summed E-state index contributed by atoms with van der Waals surface area (Å²) in [7, 11) is 2.37. The van der Waals surface area contributed by atoms with E-state index in [1.807, 2.05) is 0 Å². The molecule has 0 aromatic heterocycles. The van der Waals surface area contributed by atoms with Crippen molar-refractivity contribution in [1.82, 2.24) is 4.90 Å². The van der Waals surface area contributed by atoms with Crippen LogP contribution in [0.25, 0.3) is 0 Å². The van der Waals surface area contributed by atoms with Crippen molar-refractivity contribution >= 4 is 11.6 Å². The van der Waals surface area contributed by atoms with Gasteiger partial charge in [0.25, 0.3) is 5.91 Å². The van der Waals surface area contributed by atoms with Gasteiger partial charge in [0, 0.05) is 7.05 Å². The van der Waals surface area contributed by atoms with Crippen molar-refractivity contribution < 1.29 is 22.7 Å². The van der Waals surface area contributed by atoms with Crippen LogP contribution in [0.5, 0.6) is 5.75 Å². The zero-order valence-electron chi connectivity index (χ0n) is 9.91. The van der Waals surface area contributed by atoms with Gasteiger partial charge in [0.2, 0.25) is 0 Å². The molecule has 0 bridgehead atoms.